The second-order valence-corrected chi connectivity index (χ2v) is 3.82. The number of carbonyl (C=O) groups is 1. The summed E-state index contributed by atoms with van der Waals surface area (Å²) in [6, 6.07) is 0. The van der Waals surface area contributed by atoms with Crippen molar-refractivity contribution in [2.24, 2.45) is 5.92 Å². The van der Waals surface area contributed by atoms with E-state index in [1.54, 1.807) is 4.90 Å². The number of carbonyl (C=O) groups excluding carboxylic acids is 1. The Labute approximate surface area is 76.6 Å². The highest BCUT2D eigenvalue weighted by Gasteiger charge is 2.34. The molecule has 1 saturated carbocycles. The summed E-state index contributed by atoms with van der Waals surface area (Å²) in [7, 11) is 0. The maximum atomic E-state index is 11.2. The fraction of sp³-hybridized carbons (Fsp3) is 0.875. The lowest BCUT2D eigenvalue weighted by Crippen LogP contribution is -2.27. The Bertz CT molecular complexity index is 193. The van der Waals surface area contributed by atoms with Gasteiger partial charge in [-0.1, -0.05) is 0 Å². The average Bonchev–Trinajstić information content (AvgIpc) is 2.78. The van der Waals surface area contributed by atoms with Crippen molar-refractivity contribution in [3.8, 4) is 0 Å². The van der Waals surface area contributed by atoms with Crippen molar-refractivity contribution < 1.29 is 9.53 Å². The molecule has 12 heavy (non-hydrogen) atoms. The summed E-state index contributed by atoms with van der Waals surface area (Å²) in [5.74, 6) is 1.14. The molecule has 0 N–H and O–H groups in total. The van der Waals surface area contributed by atoms with Crippen LogP contribution in [0.25, 0.3) is 0 Å². The molecule has 0 spiro atoms. The van der Waals surface area contributed by atoms with Gasteiger partial charge >= 0.3 is 6.09 Å². The molecule has 1 atom stereocenters. The van der Waals surface area contributed by atoms with Crippen LogP contribution in [0.2, 0.25) is 0 Å². The van der Waals surface area contributed by atoms with Gasteiger partial charge in [-0.15, -0.1) is 11.6 Å². The van der Waals surface area contributed by atoms with Crippen molar-refractivity contribution in [1.82, 2.24) is 4.90 Å². The minimum absolute atomic E-state index is 0.0853. The van der Waals surface area contributed by atoms with Gasteiger partial charge in [0.25, 0.3) is 0 Å². The predicted molar refractivity (Wildman–Crippen MR) is 45.3 cm³/mol. The SMILES string of the molecule is O=C1OC(CCl)CN1CC1CC1. The molecule has 0 aromatic rings. The molecule has 1 aliphatic heterocycles. The molecule has 0 bridgehead atoms. The van der Waals surface area contributed by atoms with Crippen LogP contribution in [0.5, 0.6) is 0 Å². The molecule has 1 aliphatic carbocycles. The predicted octanol–water partition coefficient (Wildman–Crippen LogP) is 1.46. The van der Waals surface area contributed by atoms with Gasteiger partial charge in [-0.2, -0.15) is 0 Å². The molecule has 0 aromatic heterocycles. The van der Waals surface area contributed by atoms with Crippen LogP contribution in [0.4, 0.5) is 4.79 Å². The molecule has 2 fully saturated rings. The summed E-state index contributed by atoms with van der Waals surface area (Å²) in [5.41, 5.74) is 0. The maximum absolute atomic E-state index is 11.2. The third kappa shape index (κ3) is 1.66. The minimum Gasteiger partial charge on any atom is -0.443 e. The summed E-state index contributed by atoms with van der Waals surface area (Å²) in [4.78, 5) is 12.9. The lowest BCUT2D eigenvalue weighted by Gasteiger charge is -2.10. The molecule has 0 aromatic carbocycles. The smallest absolute Gasteiger partial charge is 0.410 e. The summed E-state index contributed by atoms with van der Waals surface area (Å²) in [6.45, 7) is 1.55. The molecule has 68 valence electrons. The van der Waals surface area contributed by atoms with E-state index >= 15 is 0 Å². The van der Waals surface area contributed by atoms with Gasteiger partial charge in [-0.05, 0) is 18.8 Å². The second-order valence-electron chi connectivity index (χ2n) is 3.51. The van der Waals surface area contributed by atoms with E-state index in [-0.39, 0.29) is 12.2 Å². The van der Waals surface area contributed by atoms with Crippen LogP contribution >= 0.6 is 11.6 Å². The molecule has 1 saturated heterocycles. The van der Waals surface area contributed by atoms with Gasteiger partial charge in [0, 0.05) is 6.54 Å². The van der Waals surface area contributed by atoms with Gasteiger partial charge < -0.3 is 9.64 Å². The summed E-state index contributed by atoms with van der Waals surface area (Å²) >= 11 is 5.59. The summed E-state index contributed by atoms with van der Waals surface area (Å²) < 4.78 is 5.01. The van der Waals surface area contributed by atoms with Crippen LogP contribution in [0.15, 0.2) is 0 Å². The third-order valence-corrected chi connectivity index (χ3v) is 2.64. The number of cyclic esters (lactones) is 1. The van der Waals surface area contributed by atoms with Gasteiger partial charge in [0.15, 0.2) is 0 Å². The molecular weight excluding hydrogens is 178 g/mol. The van der Waals surface area contributed by atoms with Crippen molar-refractivity contribution in [2.45, 2.75) is 18.9 Å². The van der Waals surface area contributed by atoms with Crippen molar-refractivity contribution in [3.05, 3.63) is 0 Å². The fourth-order valence-electron chi connectivity index (χ4n) is 1.42. The lowest BCUT2D eigenvalue weighted by atomic mass is 10.3. The number of rotatable bonds is 3. The van der Waals surface area contributed by atoms with Crippen molar-refractivity contribution in [1.29, 1.82) is 0 Å². The van der Waals surface area contributed by atoms with Crippen LogP contribution < -0.4 is 0 Å². The monoisotopic (exact) mass is 189 g/mol. The zero-order valence-electron chi connectivity index (χ0n) is 6.83. The Morgan fingerprint density at radius 1 is 1.58 bits per heavy atom. The quantitative estimate of drug-likeness (QED) is 0.629. The van der Waals surface area contributed by atoms with Crippen molar-refractivity contribution >= 4 is 17.7 Å². The van der Waals surface area contributed by atoms with Crippen LogP contribution in [0.1, 0.15) is 12.8 Å². The number of nitrogens with zero attached hydrogens (tertiary/aromatic N) is 1. The summed E-state index contributed by atoms with van der Waals surface area (Å²) in [5, 5.41) is 0. The molecule has 1 amide bonds. The average molecular weight is 190 g/mol. The zero-order valence-corrected chi connectivity index (χ0v) is 7.59. The van der Waals surface area contributed by atoms with E-state index in [0.717, 1.165) is 12.5 Å². The van der Waals surface area contributed by atoms with Crippen LogP contribution in [-0.4, -0.2) is 36.1 Å². The summed E-state index contributed by atoms with van der Waals surface area (Å²) in [6.07, 6.45) is 2.25. The van der Waals surface area contributed by atoms with E-state index in [2.05, 4.69) is 0 Å². The number of alkyl halides is 1. The molecule has 0 radical (unpaired) electrons. The van der Waals surface area contributed by atoms with Gasteiger partial charge in [0.2, 0.25) is 0 Å². The normalized spacial score (nSPS) is 29.2. The largest absolute Gasteiger partial charge is 0.443 e. The zero-order chi connectivity index (χ0) is 8.55. The molecule has 1 heterocycles. The first-order valence-electron chi connectivity index (χ1n) is 4.31. The Balaban J connectivity index is 1.84. The Morgan fingerprint density at radius 2 is 2.33 bits per heavy atom. The van der Waals surface area contributed by atoms with E-state index in [9.17, 15) is 4.79 Å². The van der Waals surface area contributed by atoms with Gasteiger partial charge in [-0.3, -0.25) is 0 Å². The van der Waals surface area contributed by atoms with Gasteiger partial charge in [0.1, 0.15) is 6.10 Å². The number of halogens is 1. The Hall–Kier alpha value is -0.440. The lowest BCUT2D eigenvalue weighted by molar-refractivity contribution is 0.138. The first-order valence-corrected chi connectivity index (χ1v) is 4.84. The van der Waals surface area contributed by atoms with Crippen molar-refractivity contribution in [3.63, 3.8) is 0 Å². The van der Waals surface area contributed by atoms with E-state index in [1.165, 1.54) is 12.8 Å². The number of hydrogen-bond acceptors (Lipinski definition) is 2. The van der Waals surface area contributed by atoms with E-state index in [1.807, 2.05) is 0 Å². The fourth-order valence-corrected chi connectivity index (χ4v) is 1.58. The Morgan fingerprint density at radius 3 is 2.83 bits per heavy atom. The first kappa shape index (κ1) is 8.17. The number of ether oxygens (including phenoxy) is 1. The molecular formula is C8H12ClNO2. The van der Waals surface area contributed by atoms with Crippen LogP contribution in [-0.2, 0) is 4.74 Å². The minimum atomic E-state index is -0.187. The van der Waals surface area contributed by atoms with Crippen LogP contribution in [0, 0.1) is 5.92 Å². The third-order valence-electron chi connectivity index (χ3n) is 2.30. The molecule has 4 heteroatoms. The van der Waals surface area contributed by atoms with E-state index in [4.69, 9.17) is 16.3 Å². The molecule has 2 rings (SSSR count). The topological polar surface area (TPSA) is 29.5 Å². The van der Waals surface area contributed by atoms with Crippen molar-refractivity contribution in [2.75, 3.05) is 19.0 Å². The highest BCUT2D eigenvalue weighted by atomic mass is 35.5. The molecule has 1 unspecified atom stereocenters. The van der Waals surface area contributed by atoms with Crippen LogP contribution in [0.3, 0.4) is 0 Å². The second kappa shape index (κ2) is 3.13. The van der Waals surface area contributed by atoms with E-state index < -0.39 is 0 Å². The van der Waals surface area contributed by atoms with E-state index in [0.29, 0.717) is 12.4 Å². The Kier molecular flexibility index (Phi) is 2.13. The first-order chi connectivity index (χ1) is 5.79. The highest BCUT2D eigenvalue weighted by molar-refractivity contribution is 6.18. The number of amides is 1. The molecule has 3 nitrogen and oxygen atoms in total. The highest BCUT2D eigenvalue weighted by Crippen LogP contribution is 2.31. The van der Waals surface area contributed by atoms with Gasteiger partial charge in [0.05, 0.1) is 12.4 Å². The van der Waals surface area contributed by atoms with Gasteiger partial charge in [-0.25, -0.2) is 4.79 Å². The maximum Gasteiger partial charge on any atom is 0.410 e. The molecule has 2 aliphatic rings. The number of hydrogen-bond donors (Lipinski definition) is 0. The standard InChI is InChI=1S/C8H12ClNO2/c9-3-7-5-10(8(11)12-7)4-6-1-2-6/h6-7H,1-5H2.